The molecule has 0 spiro atoms. The molecule has 0 radical (unpaired) electrons. The molecule has 0 bridgehead atoms. The number of halogens is 1. The van der Waals surface area contributed by atoms with Crippen LogP contribution in [-0.4, -0.2) is 28.1 Å². The molecule has 0 aliphatic heterocycles. The van der Waals surface area contributed by atoms with Crippen molar-refractivity contribution in [3.8, 4) is 0 Å². The standard InChI is InChI=1S/C13H14FN5O/c1-19(8-9-4-2-3-5-10(9)14)13-11(12(15)18-20)16-6-7-17-13/h2-7,20H,8H2,1H3,(H2,15,18). The quantitative estimate of drug-likeness (QED) is 0.380. The van der Waals surface area contributed by atoms with Crippen LogP contribution >= 0.6 is 0 Å². The molecule has 0 atom stereocenters. The molecule has 1 aromatic carbocycles. The van der Waals surface area contributed by atoms with Crippen molar-refractivity contribution in [1.29, 1.82) is 0 Å². The van der Waals surface area contributed by atoms with E-state index in [4.69, 9.17) is 10.9 Å². The summed E-state index contributed by atoms with van der Waals surface area (Å²) in [6, 6.07) is 6.46. The van der Waals surface area contributed by atoms with Crippen molar-refractivity contribution in [2.45, 2.75) is 6.54 Å². The lowest BCUT2D eigenvalue weighted by atomic mass is 10.2. The number of hydrogen-bond donors (Lipinski definition) is 2. The van der Waals surface area contributed by atoms with Crippen LogP contribution in [-0.2, 0) is 6.54 Å². The van der Waals surface area contributed by atoms with E-state index in [0.29, 0.717) is 11.4 Å². The van der Waals surface area contributed by atoms with E-state index >= 15 is 0 Å². The van der Waals surface area contributed by atoms with Crippen molar-refractivity contribution in [3.63, 3.8) is 0 Å². The van der Waals surface area contributed by atoms with Gasteiger partial charge in [-0.3, -0.25) is 0 Å². The number of aromatic nitrogens is 2. The van der Waals surface area contributed by atoms with Crippen LogP contribution in [0, 0.1) is 5.82 Å². The fraction of sp³-hybridized carbons (Fsp3) is 0.154. The van der Waals surface area contributed by atoms with Crippen molar-refractivity contribution in [2.24, 2.45) is 10.9 Å². The maximum absolute atomic E-state index is 13.6. The average Bonchev–Trinajstić information content (AvgIpc) is 2.48. The zero-order valence-corrected chi connectivity index (χ0v) is 10.9. The maximum atomic E-state index is 13.6. The van der Waals surface area contributed by atoms with E-state index in [0.717, 1.165) is 0 Å². The molecule has 3 N–H and O–H groups in total. The van der Waals surface area contributed by atoms with Gasteiger partial charge in [0.25, 0.3) is 0 Å². The Kier molecular flexibility index (Phi) is 4.09. The molecule has 0 saturated heterocycles. The zero-order chi connectivity index (χ0) is 14.5. The highest BCUT2D eigenvalue weighted by Crippen LogP contribution is 2.17. The molecule has 0 fully saturated rings. The van der Waals surface area contributed by atoms with Gasteiger partial charge in [-0.05, 0) is 6.07 Å². The lowest BCUT2D eigenvalue weighted by Gasteiger charge is -2.20. The van der Waals surface area contributed by atoms with Crippen molar-refractivity contribution in [3.05, 3.63) is 53.7 Å². The monoisotopic (exact) mass is 275 g/mol. The summed E-state index contributed by atoms with van der Waals surface area (Å²) >= 11 is 0. The summed E-state index contributed by atoms with van der Waals surface area (Å²) in [7, 11) is 1.73. The van der Waals surface area contributed by atoms with Gasteiger partial charge in [0.1, 0.15) is 5.82 Å². The highest BCUT2D eigenvalue weighted by molar-refractivity contribution is 5.99. The van der Waals surface area contributed by atoms with Crippen LogP contribution in [0.4, 0.5) is 10.2 Å². The number of rotatable bonds is 4. The van der Waals surface area contributed by atoms with E-state index in [1.165, 1.54) is 18.5 Å². The third kappa shape index (κ3) is 2.82. The van der Waals surface area contributed by atoms with Crippen LogP contribution < -0.4 is 10.6 Å². The van der Waals surface area contributed by atoms with Crippen molar-refractivity contribution in [2.75, 3.05) is 11.9 Å². The van der Waals surface area contributed by atoms with E-state index in [-0.39, 0.29) is 23.9 Å². The first kappa shape index (κ1) is 13.7. The third-order valence-corrected chi connectivity index (χ3v) is 2.76. The second-order valence-corrected chi connectivity index (χ2v) is 4.16. The molecule has 1 heterocycles. The lowest BCUT2D eigenvalue weighted by Crippen LogP contribution is -2.25. The molecule has 6 nitrogen and oxygen atoms in total. The third-order valence-electron chi connectivity index (χ3n) is 2.76. The fourth-order valence-corrected chi connectivity index (χ4v) is 1.80. The average molecular weight is 275 g/mol. The summed E-state index contributed by atoms with van der Waals surface area (Å²) in [5, 5.41) is 11.7. The number of anilines is 1. The molecule has 2 aromatic rings. The zero-order valence-electron chi connectivity index (χ0n) is 10.9. The van der Waals surface area contributed by atoms with Crippen LogP contribution in [0.5, 0.6) is 0 Å². The Hall–Kier alpha value is -2.70. The van der Waals surface area contributed by atoms with Gasteiger partial charge in [0, 0.05) is 31.5 Å². The maximum Gasteiger partial charge on any atom is 0.192 e. The van der Waals surface area contributed by atoms with Gasteiger partial charge in [0.05, 0.1) is 0 Å². The van der Waals surface area contributed by atoms with Crippen LogP contribution in [0.2, 0.25) is 0 Å². The van der Waals surface area contributed by atoms with Gasteiger partial charge in [0.2, 0.25) is 0 Å². The summed E-state index contributed by atoms with van der Waals surface area (Å²) in [5.41, 5.74) is 6.32. The van der Waals surface area contributed by atoms with Crippen molar-refractivity contribution < 1.29 is 9.60 Å². The number of nitrogens with two attached hydrogens (primary N) is 1. The normalized spacial score (nSPS) is 11.4. The van der Waals surface area contributed by atoms with Gasteiger partial charge in [0.15, 0.2) is 17.3 Å². The molecular formula is C13H14FN5O. The van der Waals surface area contributed by atoms with Crippen molar-refractivity contribution in [1.82, 2.24) is 9.97 Å². The molecule has 104 valence electrons. The molecule has 0 aliphatic carbocycles. The summed E-state index contributed by atoms with van der Waals surface area (Å²) in [6.45, 7) is 0.289. The number of benzene rings is 1. The number of nitrogens with zero attached hydrogens (tertiary/aromatic N) is 4. The molecule has 7 heteroatoms. The van der Waals surface area contributed by atoms with Gasteiger partial charge < -0.3 is 15.8 Å². The van der Waals surface area contributed by atoms with E-state index in [1.807, 2.05) is 0 Å². The topological polar surface area (TPSA) is 87.6 Å². The van der Waals surface area contributed by atoms with Crippen molar-refractivity contribution >= 4 is 11.7 Å². The first-order valence-corrected chi connectivity index (χ1v) is 5.87. The van der Waals surface area contributed by atoms with Crippen LogP contribution in [0.1, 0.15) is 11.3 Å². The summed E-state index contributed by atoms with van der Waals surface area (Å²) in [6.07, 6.45) is 2.93. The minimum absolute atomic E-state index is 0.145. The first-order valence-electron chi connectivity index (χ1n) is 5.87. The summed E-state index contributed by atoms with van der Waals surface area (Å²) in [5.74, 6) is -0.0341. The Balaban J connectivity index is 2.30. The first-order chi connectivity index (χ1) is 9.63. The SMILES string of the molecule is CN(Cc1ccccc1F)c1nccnc1C(N)=NO. The lowest BCUT2D eigenvalue weighted by molar-refractivity contribution is 0.318. The number of oxime groups is 1. The van der Waals surface area contributed by atoms with E-state index in [2.05, 4.69) is 15.1 Å². The van der Waals surface area contributed by atoms with Gasteiger partial charge in [-0.2, -0.15) is 0 Å². The molecule has 0 aliphatic rings. The molecule has 2 rings (SSSR count). The molecule has 0 amide bonds. The highest BCUT2D eigenvalue weighted by Gasteiger charge is 2.15. The van der Waals surface area contributed by atoms with Gasteiger partial charge in [-0.25, -0.2) is 14.4 Å². The Morgan fingerprint density at radius 3 is 2.75 bits per heavy atom. The summed E-state index contributed by atoms with van der Waals surface area (Å²) < 4.78 is 13.6. The van der Waals surface area contributed by atoms with Gasteiger partial charge in [-0.15, -0.1) is 0 Å². The molecule has 0 unspecified atom stereocenters. The van der Waals surface area contributed by atoms with Crippen LogP contribution in [0.25, 0.3) is 0 Å². The Morgan fingerprint density at radius 2 is 2.05 bits per heavy atom. The smallest absolute Gasteiger partial charge is 0.192 e. The fourth-order valence-electron chi connectivity index (χ4n) is 1.80. The second kappa shape index (κ2) is 5.96. The van der Waals surface area contributed by atoms with Gasteiger partial charge in [-0.1, -0.05) is 23.4 Å². The minimum atomic E-state index is -0.298. The Bertz CT molecular complexity index is 632. The summed E-state index contributed by atoms with van der Waals surface area (Å²) in [4.78, 5) is 9.84. The Labute approximate surface area is 115 Å². The van der Waals surface area contributed by atoms with Crippen LogP contribution in [0.15, 0.2) is 41.8 Å². The van der Waals surface area contributed by atoms with E-state index < -0.39 is 0 Å². The predicted octanol–water partition coefficient (Wildman–Crippen LogP) is 1.35. The second-order valence-electron chi connectivity index (χ2n) is 4.16. The number of amidine groups is 1. The minimum Gasteiger partial charge on any atom is -0.409 e. The van der Waals surface area contributed by atoms with Crippen LogP contribution in [0.3, 0.4) is 0 Å². The largest absolute Gasteiger partial charge is 0.409 e. The Morgan fingerprint density at radius 1 is 1.35 bits per heavy atom. The predicted molar refractivity (Wildman–Crippen MR) is 73.0 cm³/mol. The molecule has 0 saturated carbocycles. The highest BCUT2D eigenvalue weighted by atomic mass is 19.1. The van der Waals surface area contributed by atoms with E-state index in [9.17, 15) is 4.39 Å². The number of hydrogen-bond acceptors (Lipinski definition) is 5. The molecular weight excluding hydrogens is 261 g/mol. The van der Waals surface area contributed by atoms with E-state index in [1.54, 1.807) is 30.1 Å². The molecule has 20 heavy (non-hydrogen) atoms. The van der Waals surface area contributed by atoms with Gasteiger partial charge >= 0.3 is 0 Å². The molecule has 1 aromatic heterocycles.